The first-order valence-corrected chi connectivity index (χ1v) is 7.94. The average molecular weight is 319 g/mol. The lowest BCUT2D eigenvalue weighted by Gasteiger charge is -2.23. The van der Waals surface area contributed by atoms with Gasteiger partial charge in [0.1, 0.15) is 0 Å². The van der Waals surface area contributed by atoms with Crippen LogP contribution in [0.1, 0.15) is 37.0 Å². The SMILES string of the molecule is OC(CCC1CCCCO1)Cc1sccc1Br. The third-order valence-corrected chi connectivity index (χ3v) is 5.16. The van der Waals surface area contributed by atoms with Crippen molar-refractivity contribution >= 4 is 27.3 Å². The summed E-state index contributed by atoms with van der Waals surface area (Å²) in [6.07, 6.45) is 6.36. The summed E-state index contributed by atoms with van der Waals surface area (Å²) in [5.41, 5.74) is 0. The Bertz CT molecular complexity index is 334. The highest BCUT2D eigenvalue weighted by molar-refractivity contribution is 9.10. The molecular weight excluding hydrogens is 300 g/mol. The first kappa shape index (κ1) is 13.5. The maximum Gasteiger partial charge on any atom is 0.0589 e. The topological polar surface area (TPSA) is 29.5 Å². The Hall–Kier alpha value is 0.100. The molecule has 96 valence electrons. The second kappa shape index (κ2) is 6.88. The lowest BCUT2D eigenvalue weighted by molar-refractivity contribution is 0.00238. The molecule has 2 unspecified atom stereocenters. The minimum atomic E-state index is -0.240. The Morgan fingerprint density at radius 1 is 1.53 bits per heavy atom. The molecule has 1 saturated heterocycles. The Morgan fingerprint density at radius 3 is 3.06 bits per heavy atom. The molecule has 2 heterocycles. The van der Waals surface area contributed by atoms with E-state index in [0.717, 1.165) is 36.8 Å². The molecule has 2 nitrogen and oxygen atoms in total. The van der Waals surface area contributed by atoms with E-state index in [1.165, 1.54) is 17.7 Å². The van der Waals surface area contributed by atoms with Crippen LogP contribution in [0.15, 0.2) is 15.9 Å². The maximum atomic E-state index is 10.0. The molecule has 2 atom stereocenters. The second-order valence-corrected chi connectivity index (χ2v) is 6.47. The number of hydrogen-bond donors (Lipinski definition) is 1. The van der Waals surface area contributed by atoms with Gasteiger partial charge in [-0.1, -0.05) is 0 Å². The summed E-state index contributed by atoms with van der Waals surface area (Å²) < 4.78 is 6.79. The van der Waals surface area contributed by atoms with Gasteiger partial charge in [-0.05, 0) is 59.5 Å². The van der Waals surface area contributed by atoms with Crippen LogP contribution < -0.4 is 0 Å². The van der Waals surface area contributed by atoms with Crippen molar-refractivity contribution in [1.29, 1.82) is 0 Å². The molecule has 1 aliphatic heterocycles. The molecule has 0 aromatic carbocycles. The standard InChI is InChI=1S/C13H19BrO2S/c14-12-6-8-17-13(12)9-10(15)4-5-11-3-1-2-7-16-11/h6,8,10-11,15H,1-5,7,9H2. The zero-order valence-corrected chi connectivity index (χ0v) is 12.3. The van der Waals surface area contributed by atoms with Crippen LogP contribution in [0, 0.1) is 0 Å². The van der Waals surface area contributed by atoms with Crippen LogP contribution in [0.4, 0.5) is 0 Å². The van der Waals surface area contributed by atoms with Crippen LogP contribution in [0.2, 0.25) is 0 Å². The van der Waals surface area contributed by atoms with Gasteiger partial charge in [-0.15, -0.1) is 11.3 Å². The van der Waals surface area contributed by atoms with Gasteiger partial charge in [0.2, 0.25) is 0 Å². The van der Waals surface area contributed by atoms with E-state index in [9.17, 15) is 5.11 Å². The Labute approximate surface area is 115 Å². The Kier molecular flexibility index (Phi) is 5.48. The smallest absolute Gasteiger partial charge is 0.0589 e. The van der Waals surface area contributed by atoms with E-state index < -0.39 is 0 Å². The average Bonchev–Trinajstić information content (AvgIpc) is 2.74. The molecule has 0 saturated carbocycles. The fraction of sp³-hybridized carbons (Fsp3) is 0.692. The predicted octanol–water partition coefficient (Wildman–Crippen LogP) is 3.76. The van der Waals surface area contributed by atoms with Crippen LogP contribution in [0.5, 0.6) is 0 Å². The molecule has 1 aromatic heterocycles. The number of aliphatic hydroxyl groups is 1. The highest BCUT2D eigenvalue weighted by Gasteiger charge is 2.16. The van der Waals surface area contributed by atoms with E-state index in [-0.39, 0.29) is 6.10 Å². The number of halogens is 1. The number of aliphatic hydroxyl groups excluding tert-OH is 1. The van der Waals surface area contributed by atoms with Crippen molar-refractivity contribution in [2.75, 3.05) is 6.61 Å². The molecule has 0 aliphatic carbocycles. The molecule has 0 bridgehead atoms. The maximum absolute atomic E-state index is 10.0. The highest BCUT2D eigenvalue weighted by atomic mass is 79.9. The summed E-state index contributed by atoms with van der Waals surface area (Å²) in [6.45, 7) is 0.900. The fourth-order valence-electron chi connectivity index (χ4n) is 2.20. The van der Waals surface area contributed by atoms with Crippen molar-refractivity contribution in [3.63, 3.8) is 0 Å². The predicted molar refractivity (Wildman–Crippen MR) is 74.6 cm³/mol. The normalized spacial score (nSPS) is 22.6. The molecule has 0 amide bonds. The minimum Gasteiger partial charge on any atom is -0.393 e. The van der Waals surface area contributed by atoms with Crippen molar-refractivity contribution in [1.82, 2.24) is 0 Å². The van der Waals surface area contributed by atoms with Gasteiger partial charge in [-0.2, -0.15) is 0 Å². The summed E-state index contributed by atoms with van der Waals surface area (Å²) in [7, 11) is 0. The van der Waals surface area contributed by atoms with E-state index in [1.54, 1.807) is 11.3 Å². The third kappa shape index (κ3) is 4.36. The van der Waals surface area contributed by atoms with Crippen molar-refractivity contribution in [2.24, 2.45) is 0 Å². The van der Waals surface area contributed by atoms with Crippen molar-refractivity contribution in [3.05, 3.63) is 20.8 Å². The van der Waals surface area contributed by atoms with Crippen LogP contribution in [0.25, 0.3) is 0 Å². The van der Waals surface area contributed by atoms with Gasteiger partial charge in [0, 0.05) is 22.4 Å². The number of rotatable bonds is 5. The first-order valence-electron chi connectivity index (χ1n) is 6.27. The molecule has 1 aromatic rings. The third-order valence-electron chi connectivity index (χ3n) is 3.21. The van der Waals surface area contributed by atoms with E-state index in [4.69, 9.17) is 4.74 Å². The second-order valence-electron chi connectivity index (χ2n) is 4.62. The van der Waals surface area contributed by atoms with Gasteiger partial charge in [0.15, 0.2) is 0 Å². The molecule has 17 heavy (non-hydrogen) atoms. The number of ether oxygens (including phenoxy) is 1. The van der Waals surface area contributed by atoms with Gasteiger partial charge >= 0.3 is 0 Å². The summed E-state index contributed by atoms with van der Waals surface area (Å²) in [5.74, 6) is 0. The zero-order valence-electron chi connectivity index (χ0n) is 9.90. The van der Waals surface area contributed by atoms with Crippen LogP contribution >= 0.6 is 27.3 Å². The molecule has 1 aliphatic rings. The fourth-order valence-corrected chi connectivity index (χ4v) is 3.79. The summed E-state index contributed by atoms with van der Waals surface area (Å²) >= 11 is 5.20. The van der Waals surface area contributed by atoms with Crippen LogP contribution in [0.3, 0.4) is 0 Å². The lowest BCUT2D eigenvalue weighted by atomic mass is 10.0. The summed E-state index contributed by atoms with van der Waals surface area (Å²) in [6, 6.07) is 2.04. The summed E-state index contributed by atoms with van der Waals surface area (Å²) in [4.78, 5) is 1.24. The van der Waals surface area contributed by atoms with Crippen LogP contribution in [-0.4, -0.2) is 23.9 Å². The molecule has 0 spiro atoms. The molecular formula is C13H19BrO2S. The molecule has 2 rings (SSSR count). The van der Waals surface area contributed by atoms with Crippen molar-refractivity contribution < 1.29 is 9.84 Å². The minimum absolute atomic E-state index is 0.240. The van der Waals surface area contributed by atoms with Gasteiger partial charge < -0.3 is 9.84 Å². The number of thiophene rings is 1. The molecule has 1 fully saturated rings. The summed E-state index contributed by atoms with van der Waals surface area (Å²) in [5, 5.41) is 12.1. The number of hydrogen-bond acceptors (Lipinski definition) is 3. The van der Waals surface area contributed by atoms with Gasteiger partial charge in [-0.3, -0.25) is 0 Å². The quantitative estimate of drug-likeness (QED) is 0.895. The van der Waals surface area contributed by atoms with E-state index >= 15 is 0 Å². The van der Waals surface area contributed by atoms with E-state index in [2.05, 4.69) is 21.3 Å². The molecule has 4 heteroatoms. The van der Waals surface area contributed by atoms with Gasteiger partial charge in [0.25, 0.3) is 0 Å². The van der Waals surface area contributed by atoms with Gasteiger partial charge in [-0.25, -0.2) is 0 Å². The Morgan fingerprint density at radius 2 is 2.41 bits per heavy atom. The molecule has 1 N–H and O–H groups in total. The molecule has 0 radical (unpaired) electrons. The first-order chi connectivity index (χ1) is 8.25. The Balaban J connectivity index is 1.70. The largest absolute Gasteiger partial charge is 0.393 e. The monoisotopic (exact) mass is 318 g/mol. The van der Waals surface area contributed by atoms with Crippen molar-refractivity contribution in [3.8, 4) is 0 Å². The lowest BCUT2D eigenvalue weighted by Crippen LogP contribution is -2.21. The highest BCUT2D eigenvalue weighted by Crippen LogP contribution is 2.25. The van der Waals surface area contributed by atoms with Gasteiger partial charge in [0.05, 0.1) is 12.2 Å². The van der Waals surface area contributed by atoms with E-state index in [1.807, 2.05) is 6.07 Å². The van der Waals surface area contributed by atoms with E-state index in [0.29, 0.717) is 6.10 Å². The van der Waals surface area contributed by atoms with Crippen LogP contribution in [-0.2, 0) is 11.2 Å². The zero-order chi connectivity index (χ0) is 12.1. The van der Waals surface area contributed by atoms with Crippen molar-refractivity contribution in [2.45, 2.75) is 50.7 Å².